The van der Waals surface area contributed by atoms with Gasteiger partial charge in [0.15, 0.2) is 0 Å². The SMILES string of the molecule is CC1(C)CCCC1(O)Cc1cc(F)ccc1Br. The van der Waals surface area contributed by atoms with E-state index in [1.807, 2.05) is 0 Å². The maximum atomic E-state index is 13.2. The number of hydrogen-bond acceptors (Lipinski definition) is 1. The van der Waals surface area contributed by atoms with Crippen molar-refractivity contribution in [3.8, 4) is 0 Å². The predicted molar refractivity (Wildman–Crippen MR) is 70.4 cm³/mol. The maximum Gasteiger partial charge on any atom is 0.123 e. The van der Waals surface area contributed by atoms with E-state index < -0.39 is 5.60 Å². The Morgan fingerprint density at radius 1 is 1.35 bits per heavy atom. The molecule has 1 unspecified atom stereocenters. The fourth-order valence-electron chi connectivity index (χ4n) is 2.72. The highest BCUT2D eigenvalue weighted by molar-refractivity contribution is 9.10. The zero-order valence-corrected chi connectivity index (χ0v) is 11.8. The maximum absolute atomic E-state index is 13.2. The van der Waals surface area contributed by atoms with Crippen LogP contribution in [-0.2, 0) is 6.42 Å². The quantitative estimate of drug-likeness (QED) is 0.873. The Hall–Kier alpha value is -0.410. The number of rotatable bonds is 2. The van der Waals surface area contributed by atoms with E-state index in [1.54, 1.807) is 6.07 Å². The molecule has 0 heterocycles. The summed E-state index contributed by atoms with van der Waals surface area (Å²) in [5, 5.41) is 10.7. The molecule has 0 spiro atoms. The monoisotopic (exact) mass is 300 g/mol. The van der Waals surface area contributed by atoms with Crippen LogP contribution in [0, 0.1) is 11.2 Å². The molecule has 1 aromatic rings. The van der Waals surface area contributed by atoms with Gasteiger partial charge in [-0.3, -0.25) is 0 Å². The van der Waals surface area contributed by atoms with Crippen LogP contribution in [0.25, 0.3) is 0 Å². The molecule has 1 aliphatic rings. The summed E-state index contributed by atoms with van der Waals surface area (Å²) in [5.74, 6) is -0.248. The minimum atomic E-state index is -0.719. The van der Waals surface area contributed by atoms with E-state index in [1.165, 1.54) is 12.1 Å². The highest BCUT2D eigenvalue weighted by Crippen LogP contribution is 2.48. The largest absolute Gasteiger partial charge is 0.389 e. The van der Waals surface area contributed by atoms with Crippen molar-refractivity contribution < 1.29 is 9.50 Å². The van der Waals surface area contributed by atoms with Crippen molar-refractivity contribution in [2.24, 2.45) is 5.41 Å². The van der Waals surface area contributed by atoms with Gasteiger partial charge in [-0.25, -0.2) is 4.39 Å². The Kier molecular flexibility index (Phi) is 3.34. The highest BCUT2D eigenvalue weighted by atomic mass is 79.9. The first-order chi connectivity index (χ1) is 7.84. The Balaban J connectivity index is 2.29. The smallest absolute Gasteiger partial charge is 0.123 e. The summed E-state index contributed by atoms with van der Waals surface area (Å²) >= 11 is 3.42. The van der Waals surface area contributed by atoms with E-state index in [0.29, 0.717) is 6.42 Å². The summed E-state index contributed by atoms with van der Waals surface area (Å²) in [4.78, 5) is 0. The zero-order chi connectivity index (χ0) is 12.7. The minimum Gasteiger partial charge on any atom is -0.389 e. The Bertz CT molecular complexity index is 430. The van der Waals surface area contributed by atoms with Crippen LogP contribution in [0.1, 0.15) is 38.7 Å². The molecular weight excluding hydrogens is 283 g/mol. The third-order valence-electron chi connectivity index (χ3n) is 4.14. The molecule has 0 radical (unpaired) electrons. The van der Waals surface area contributed by atoms with Crippen molar-refractivity contribution in [2.75, 3.05) is 0 Å². The summed E-state index contributed by atoms with van der Waals surface area (Å²) in [5.41, 5.74) is 0.0321. The van der Waals surface area contributed by atoms with Crippen molar-refractivity contribution in [3.05, 3.63) is 34.1 Å². The fraction of sp³-hybridized carbons (Fsp3) is 0.571. The molecule has 2 rings (SSSR count). The summed E-state index contributed by atoms with van der Waals surface area (Å²) in [6.45, 7) is 4.18. The van der Waals surface area contributed by atoms with Crippen molar-refractivity contribution in [3.63, 3.8) is 0 Å². The van der Waals surface area contributed by atoms with Crippen LogP contribution < -0.4 is 0 Å². The van der Waals surface area contributed by atoms with Crippen LogP contribution in [0.3, 0.4) is 0 Å². The van der Waals surface area contributed by atoms with Gasteiger partial charge >= 0.3 is 0 Å². The molecular formula is C14H18BrFO. The molecule has 94 valence electrons. The van der Waals surface area contributed by atoms with Crippen LogP contribution in [0.4, 0.5) is 4.39 Å². The summed E-state index contributed by atoms with van der Waals surface area (Å²) in [6, 6.07) is 4.64. The van der Waals surface area contributed by atoms with Crippen LogP contribution in [0.15, 0.2) is 22.7 Å². The summed E-state index contributed by atoms with van der Waals surface area (Å²) in [6.07, 6.45) is 3.37. The van der Waals surface area contributed by atoms with Gasteiger partial charge in [0.1, 0.15) is 5.82 Å². The zero-order valence-electron chi connectivity index (χ0n) is 10.3. The second kappa shape index (κ2) is 4.36. The van der Waals surface area contributed by atoms with Gasteiger partial charge in [-0.1, -0.05) is 29.8 Å². The van der Waals surface area contributed by atoms with E-state index in [4.69, 9.17) is 0 Å². The highest BCUT2D eigenvalue weighted by Gasteiger charge is 2.47. The average molecular weight is 301 g/mol. The number of halogens is 2. The average Bonchev–Trinajstić information content (AvgIpc) is 2.47. The predicted octanol–water partition coefficient (Wildman–Crippen LogP) is 4.07. The molecule has 17 heavy (non-hydrogen) atoms. The Labute approximate surface area is 110 Å². The lowest BCUT2D eigenvalue weighted by atomic mass is 9.74. The molecule has 1 nitrogen and oxygen atoms in total. The van der Waals surface area contributed by atoms with Crippen molar-refractivity contribution in [2.45, 2.75) is 45.1 Å². The van der Waals surface area contributed by atoms with Crippen LogP contribution >= 0.6 is 15.9 Å². The minimum absolute atomic E-state index is 0.0985. The topological polar surface area (TPSA) is 20.2 Å². The molecule has 1 N–H and O–H groups in total. The van der Waals surface area contributed by atoms with Gasteiger partial charge in [0.05, 0.1) is 5.60 Å². The first-order valence-corrected chi connectivity index (χ1v) is 6.80. The van der Waals surface area contributed by atoms with Gasteiger partial charge in [-0.05, 0) is 48.4 Å². The fourth-order valence-corrected chi connectivity index (χ4v) is 3.10. The van der Waals surface area contributed by atoms with Crippen LogP contribution in [0.2, 0.25) is 0 Å². The normalized spacial score (nSPS) is 27.4. The molecule has 1 saturated carbocycles. The Morgan fingerprint density at radius 2 is 2.06 bits per heavy atom. The molecule has 0 aliphatic heterocycles. The molecule has 0 amide bonds. The second-order valence-corrected chi connectivity index (χ2v) is 6.54. The first kappa shape index (κ1) is 13.0. The molecule has 0 aromatic heterocycles. The number of hydrogen-bond donors (Lipinski definition) is 1. The molecule has 0 saturated heterocycles. The molecule has 1 atom stereocenters. The van der Waals surface area contributed by atoms with Crippen molar-refractivity contribution in [1.29, 1.82) is 0 Å². The van der Waals surface area contributed by atoms with E-state index in [2.05, 4.69) is 29.8 Å². The van der Waals surface area contributed by atoms with E-state index >= 15 is 0 Å². The van der Waals surface area contributed by atoms with E-state index in [0.717, 1.165) is 29.3 Å². The van der Waals surface area contributed by atoms with Gasteiger partial charge in [0.2, 0.25) is 0 Å². The summed E-state index contributed by atoms with van der Waals surface area (Å²) in [7, 11) is 0. The molecule has 1 fully saturated rings. The van der Waals surface area contributed by atoms with Gasteiger partial charge in [0.25, 0.3) is 0 Å². The van der Waals surface area contributed by atoms with Crippen molar-refractivity contribution in [1.82, 2.24) is 0 Å². The van der Waals surface area contributed by atoms with Gasteiger partial charge < -0.3 is 5.11 Å². The number of aliphatic hydroxyl groups is 1. The van der Waals surface area contributed by atoms with E-state index in [-0.39, 0.29) is 11.2 Å². The Morgan fingerprint density at radius 3 is 2.65 bits per heavy atom. The lowest BCUT2D eigenvalue weighted by Gasteiger charge is -2.37. The van der Waals surface area contributed by atoms with Crippen LogP contribution in [-0.4, -0.2) is 10.7 Å². The van der Waals surface area contributed by atoms with Crippen LogP contribution in [0.5, 0.6) is 0 Å². The molecule has 3 heteroatoms. The van der Waals surface area contributed by atoms with Gasteiger partial charge in [-0.2, -0.15) is 0 Å². The third-order valence-corrected chi connectivity index (χ3v) is 4.92. The summed E-state index contributed by atoms with van der Waals surface area (Å²) < 4.78 is 14.1. The van der Waals surface area contributed by atoms with Crippen molar-refractivity contribution >= 4 is 15.9 Å². The van der Waals surface area contributed by atoms with E-state index in [9.17, 15) is 9.50 Å². The first-order valence-electron chi connectivity index (χ1n) is 6.00. The number of benzene rings is 1. The molecule has 1 aromatic carbocycles. The molecule has 0 bridgehead atoms. The standard InChI is InChI=1S/C14H18BrFO/c1-13(2)6-3-7-14(13,17)9-10-8-11(16)4-5-12(10)15/h4-5,8,17H,3,6-7,9H2,1-2H3. The lowest BCUT2D eigenvalue weighted by Crippen LogP contribution is -2.41. The van der Waals surface area contributed by atoms with Gasteiger partial charge in [0, 0.05) is 10.9 Å². The van der Waals surface area contributed by atoms with Gasteiger partial charge in [-0.15, -0.1) is 0 Å². The third kappa shape index (κ3) is 2.41. The lowest BCUT2D eigenvalue weighted by molar-refractivity contribution is -0.0421. The molecule has 1 aliphatic carbocycles. The second-order valence-electron chi connectivity index (χ2n) is 5.68.